The van der Waals surface area contributed by atoms with Gasteiger partial charge in [0.15, 0.2) is 5.82 Å². The van der Waals surface area contributed by atoms with E-state index < -0.39 is 0 Å². The molecular weight excluding hydrogens is 352 g/mol. The van der Waals surface area contributed by atoms with Gasteiger partial charge in [0.1, 0.15) is 0 Å². The third-order valence-electron chi connectivity index (χ3n) is 3.46. The molecule has 2 aromatic carbocycles. The number of nitrogens with zero attached hydrogens (tertiary/aromatic N) is 2. The molecule has 1 aromatic heterocycles. The van der Waals surface area contributed by atoms with E-state index in [2.05, 4.69) is 20.6 Å². The van der Waals surface area contributed by atoms with E-state index in [1.54, 1.807) is 36.4 Å². The molecule has 0 radical (unpaired) electrons. The van der Waals surface area contributed by atoms with Crippen LogP contribution in [0.2, 0.25) is 5.02 Å². The van der Waals surface area contributed by atoms with Crippen molar-refractivity contribution in [1.29, 1.82) is 0 Å². The molecule has 0 bridgehead atoms. The second kappa shape index (κ2) is 7.76. The van der Waals surface area contributed by atoms with Gasteiger partial charge in [-0.15, -0.1) is 0 Å². The van der Waals surface area contributed by atoms with Gasteiger partial charge in [-0.05, 0) is 42.5 Å². The predicted octanol–water partition coefficient (Wildman–Crippen LogP) is 4.01. The molecule has 2 N–H and O–H groups in total. The Bertz CT molecular complexity index is 941. The van der Waals surface area contributed by atoms with Gasteiger partial charge >= 0.3 is 0 Å². The van der Waals surface area contributed by atoms with E-state index in [1.165, 1.54) is 19.3 Å². The van der Waals surface area contributed by atoms with Crippen molar-refractivity contribution in [3.63, 3.8) is 0 Å². The predicted molar refractivity (Wildman–Crippen MR) is 101 cm³/mol. The molecule has 3 aromatic rings. The van der Waals surface area contributed by atoms with Crippen molar-refractivity contribution in [3.8, 4) is 11.4 Å². The Morgan fingerprint density at radius 1 is 0.923 bits per heavy atom. The summed E-state index contributed by atoms with van der Waals surface area (Å²) < 4.78 is 0. The van der Waals surface area contributed by atoms with E-state index in [-0.39, 0.29) is 11.8 Å². The number of benzene rings is 2. The van der Waals surface area contributed by atoms with Gasteiger partial charge in [-0.3, -0.25) is 9.59 Å². The molecule has 7 heteroatoms. The maximum Gasteiger partial charge on any atom is 0.258 e. The van der Waals surface area contributed by atoms with Crippen LogP contribution in [0.3, 0.4) is 0 Å². The molecule has 2 amide bonds. The number of nitrogens with one attached hydrogen (secondary N) is 2. The Morgan fingerprint density at radius 3 is 2.15 bits per heavy atom. The Kier molecular flexibility index (Phi) is 5.24. The van der Waals surface area contributed by atoms with Crippen LogP contribution in [0.15, 0.2) is 60.9 Å². The second-order valence-electron chi connectivity index (χ2n) is 5.52. The summed E-state index contributed by atoms with van der Waals surface area (Å²) in [5, 5.41) is 6.05. The molecule has 0 fully saturated rings. The number of halogens is 1. The van der Waals surface area contributed by atoms with Crippen LogP contribution in [0.5, 0.6) is 0 Å². The van der Waals surface area contributed by atoms with Crippen molar-refractivity contribution < 1.29 is 9.59 Å². The van der Waals surface area contributed by atoms with Crippen molar-refractivity contribution in [2.45, 2.75) is 6.92 Å². The van der Waals surface area contributed by atoms with Gasteiger partial charge < -0.3 is 10.6 Å². The number of carbonyl (C=O) groups excluding carboxylic acids is 2. The summed E-state index contributed by atoms with van der Waals surface area (Å²) in [6, 6.07) is 14.0. The summed E-state index contributed by atoms with van der Waals surface area (Å²) in [6.45, 7) is 1.42. The van der Waals surface area contributed by atoms with E-state index in [0.717, 1.165) is 5.56 Å². The van der Waals surface area contributed by atoms with Crippen molar-refractivity contribution in [2.75, 3.05) is 10.6 Å². The molecule has 0 aliphatic carbocycles. The first kappa shape index (κ1) is 17.6. The molecule has 3 rings (SSSR count). The number of carbonyl (C=O) groups is 2. The summed E-state index contributed by atoms with van der Waals surface area (Å²) >= 11 is 5.86. The standard InChI is InChI=1S/C19H15ClN4O2/c1-12(25)23-16-3-2-4-17(9-16)24-19(26)14-10-21-18(22-11-14)13-5-7-15(20)8-6-13/h2-11H,1H3,(H,23,25)(H,24,26). The first-order valence-corrected chi connectivity index (χ1v) is 8.16. The van der Waals surface area contributed by atoms with Gasteiger partial charge in [0.05, 0.1) is 5.56 Å². The lowest BCUT2D eigenvalue weighted by atomic mass is 10.2. The Morgan fingerprint density at radius 2 is 1.54 bits per heavy atom. The largest absolute Gasteiger partial charge is 0.326 e. The van der Waals surface area contributed by atoms with Crippen LogP contribution in [0.25, 0.3) is 11.4 Å². The maximum atomic E-state index is 12.3. The fraction of sp³-hybridized carbons (Fsp3) is 0.0526. The highest BCUT2D eigenvalue weighted by molar-refractivity contribution is 6.30. The van der Waals surface area contributed by atoms with Crippen molar-refractivity contribution >= 4 is 34.8 Å². The van der Waals surface area contributed by atoms with E-state index in [0.29, 0.717) is 27.8 Å². The normalized spacial score (nSPS) is 10.2. The van der Waals surface area contributed by atoms with Crippen LogP contribution in [0.1, 0.15) is 17.3 Å². The summed E-state index contributed by atoms with van der Waals surface area (Å²) in [4.78, 5) is 31.9. The second-order valence-corrected chi connectivity index (χ2v) is 5.95. The molecule has 26 heavy (non-hydrogen) atoms. The molecule has 0 aliphatic rings. The van der Waals surface area contributed by atoms with E-state index in [4.69, 9.17) is 11.6 Å². The maximum absolute atomic E-state index is 12.3. The summed E-state index contributed by atoms with van der Waals surface area (Å²) in [5.74, 6) is -0.0156. The van der Waals surface area contributed by atoms with Gasteiger partial charge in [0.2, 0.25) is 5.91 Å². The van der Waals surface area contributed by atoms with Crippen LogP contribution in [0.4, 0.5) is 11.4 Å². The highest BCUT2D eigenvalue weighted by Crippen LogP contribution is 2.19. The summed E-state index contributed by atoms with van der Waals surface area (Å²) in [7, 11) is 0. The average Bonchev–Trinajstić information content (AvgIpc) is 2.62. The highest BCUT2D eigenvalue weighted by atomic mass is 35.5. The lowest BCUT2D eigenvalue weighted by Gasteiger charge is -2.08. The van der Waals surface area contributed by atoms with Crippen LogP contribution < -0.4 is 10.6 Å². The van der Waals surface area contributed by atoms with E-state index >= 15 is 0 Å². The van der Waals surface area contributed by atoms with Crippen LogP contribution in [-0.2, 0) is 4.79 Å². The van der Waals surface area contributed by atoms with Crippen molar-refractivity contribution in [3.05, 3.63) is 71.5 Å². The number of hydrogen-bond donors (Lipinski definition) is 2. The molecule has 0 unspecified atom stereocenters. The number of amides is 2. The smallest absolute Gasteiger partial charge is 0.258 e. The average molecular weight is 367 g/mol. The minimum Gasteiger partial charge on any atom is -0.326 e. The fourth-order valence-electron chi connectivity index (χ4n) is 2.27. The zero-order chi connectivity index (χ0) is 18.5. The lowest BCUT2D eigenvalue weighted by molar-refractivity contribution is -0.114. The first-order valence-electron chi connectivity index (χ1n) is 7.78. The summed E-state index contributed by atoms with van der Waals surface area (Å²) in [5.41, 5.74) is 2.30. The van der Waals surface area contributed by atoms with Gasteiger partial charge in [-0.1, -0.05) is 17.7 Å². The van der Waals surface area contributed by atoms with Crippen LogP contribution >= 0.6 is 11.6 Å². The molecular formula is C19H15ClN4O2. The number of anilines is 2. The SMILES string of the molecule is CC(=O)Nc1cccc(NC(=O)c2cnc(-c3ccc(Cl)cc3)nc2)c1. The minimum absolute atomic E-state index is 0.181. The minimum atomic E-state index is -0.340. The number of hydrogen-bond acceptors (Lipinski definition) is 4. The third kappa shape index (κ3) is 4.43. The van der Waals surface area contributed by atoms with Crippen LogP contribution in [0, 0.1) is 0 Å². The molecule has 1 heterocycles. The van der Waals surface area contributed by atoms with E-state index in [1.807, 2.05) is 12.1 Å². The topological polar surface area (TPSA) is 84.0 Å². The first-order chi connectivity index (χ1) is 12.5. The zero-order valence-corrected chi connectivity index (χ0v) is 14.6. The van der Waals surface area contributed by atoms with Gasteiger partial charge in [0, 0.05) is 41.3 Å². The summed E-state index contributed by atoms with van der Waals surface area (Å²) in [6.07, 6.45) is 2.92. The number of rotatable bonds is 4. The highest BCUT2D eigenvalue weighted by Gasteiger charge is 2.09. The number of aromatic nitrogens is 2. The quantitative estimate of drug-likeness (QED) is 0.730. The molecule has 0 aliphatic heterocycles. The van der Waals surface area contributed by atoms with Crippen molar-refractivity contribution in [1.82, 2.24) is 9.97 Å². The van der Waals surface area contributed by atoms with Gasteiger partial charge in [-0.2, -0.15) is 0 Å². The Hall–Kier alpha value is -3.25. The Balaban J connectivity index is 1.72. The molecule has 0 atom stereocenters. The van der Waals surface area contributed by atoms with Gasteiger partial charge in [-0.25, -0.2) is 9.97 Å². The third-order valence-corrected chi connectivity index (χ3v) is 3.71. The van der Waals surface area contributed by atoms with E-state index in [9.17, 15) is 9.59 Å². The Labute approximate surface area is 155 Å². The molecule has 6 nitrogen and oxygen atoms in total. The molecule has 0 spiro atoms. The molecule has 0 saturated carbocycles. The van der Waals surface area contributed by atoms with Crippen molar-refractivity contribution in [2.24, 2.45) is 0 Å². The fourth-order valence-corrected chi connectivity index (χ4v) is 2.40. The van der Waals surface area contributed by atoms with Crippen LogP contribution in [-0.4, -0.2) is 21.8 Å². The zero-order valence-electron chi connectivity index (χ0n) is 13.9. The molecule has 130 valence electrons. The molecule has 0 saturated heterocycles. The monoisotopic (exact) mass is 366 g/mol. The lowest BCUT2D eigenvalue weighted by Crippen LogP contribution is -2.13. The van der Waals surface area contributed by atoms with Gasteiger partial charge in [0.25, 0.3) is 5.91 Å².